The number of amides is 4. The Morgan fingerprint density at radius 2 is 1.70 bits per heavy atom. The first-order valence-corrected chi connectivity index (χ1v) is 9.68. The highest BCUT2D eigenvalue weighted by Gasteiger charge is 2.50. The quantitative estimate of drug-likeness (QED) is 0.713. The number of carbonyl (C=O) groups excluding carboxylic acids is 3. The maximum Gasteiger partial charge on any atom is 0.325 e. The number of para-hydroxylation sites is 1. The lowest BCUT2D eigenvalue weighted by Crippen LogP contribution is -2.47. The number of imide groups is 1. The first kappa shape index (κ1) is 20.9. The Kier molecular flexibility index (Phi) is 6.29. The van der Waals surface area contributed by atoms with Crippen LogP contribution in [0, 0.1) is 0 Å². The average Bonchev–Trinajstić information content (AvgIpc) is 2.79. The van der Waals surface area contributed by atoms with Crippen molar-refractivity contribution in [2.45, 2.75) is 71.3 Å². The zero-order chi connectivity index (χ0) is 20.2. The summed E-state index contributed by atoms with van der Waals surface area (Å²) >= 11 is 0. The van der Waals surface area contributed by atoms with Crippen LogP contribution >= 0.6 is 0 Å². The van der Waals surface area contributed by atoms with Crippen molar-refractivity contribution in [2.24, 2.45) is 0 Å². The van der Waals surface area contributed by atoms with Gasteiger partial charge in [0.25, 0.3) is 5.91 Å². The Morgan fingerprint density at radius 1 is 1.11 bits per heavy atom. The number of nitrogens with one attached hydrogen (secondary N) is 2. The zero-order valence-electron chi connectivity index (χ0n) is 17.0. The summed E-state index contributed by atoms with van der Waals surface area (Å²) in [5, 5.41) is 5.70. The molecule has 1 heterocycles. The first-order chi connectivity index (χ1) is 12.6. The maximum atomic E-state index is 12.9. The Bertz CT molecular complexity index is 716. The van der Waals surface area contributed by atoms with Gasteiger partial charge in [0, 0.05) is 5.69 Å². The van der Waals surface area contributed by atoms with Crippen LogP contribution < -0.4 is 10.6 Å². The van der Waals surface area contributed by atoms with E-state index in [1.54, 1.807) is 0 Å². The van der Waals surface area contributed by atoms with Gasteiger partial charge in [-0.15, -0.1) is 0 Å². The standard InChI is InChI=1S/C21H31N3O3/c1-6-12-21(13-7-2)18(26)24(19(27)23-21)14-17(25)22-16-11-9-8-10-15(16)20(3,4)5/h8-11H,6-7,12-14H2,1-5H3,(H,22,25)(H,23,27). The third-order valence-corrected chi connectivity index (χ3v) is 4.91. The predicted molar refractivity (Wildman–Crippen MR) is 107 cm³/mol. The highest BCUT2D eigenvalue weighted by Crippen LogP contribution is 2.30. The van der Waals surface area contributed by atoms with Crippen LogP contribution in [0.1, 0.15) is 65.9 Å². The number of benzene rings is 1. The lowest BCUT2D eigenvalue weighted by molar-refractivity contribution is -0.134. The highest BCUT2D eigenvalue weighted by atomic mass is 16.2. The van der Waals surface area contributed by atoms with Crippen molar-refractivity contribution in [1.82, 2.24) is 10.2 Å². The molecule has 0 atom stereocenters. The topological polar surface area (TPSA) is 78.5 Å². The number of nitrogens with zero attached hydrogens (tertiary/aromatic N) is 1. The van der Waals surface area contributed by atoms with Gasteiger partial charge in [-0.3, -0.25) is 14.5 Å². The monoisotopic (exact) mass is 373 g/mol. The van der Waals surface area contributed by atoms with Gasteiger partial charge in [-0.05, 0) is 29.9 Å². The molecule has 1 aliphatic heterocycles. The van der Waals surface area contributed by atoms with Crippen LogP contribution in [-0.2, 0) is 15.0 Å². The lowest BCUT2D eigenvalue weighted by Gasteiger charge is -2.26. The minimum atomic E-state index is -0.871. The summed E-state index contributed by atoms with van der Waals surface area (Å²) in [7, 11) is 0. The third kappa shape index (κ3) is 4.49. The van der Waals surface area contributed by atoms with E-state index in [-0.39, 0.29) is 23.8 Å². The summed E-state index contributed by atoms with van der Waals surface area (Å²) < 4.78 is 0. The summed E-state index contributed by atoms with van der Waals surface area (Å²) in [6, 6.07) is 7.10. The minimum absolute atomic E-state index is 0.137. The van der Waals surface area contributed by atoms with E-state index in [4.69, 9.17) is 0 Å². The molecule has 2 N–H and O–H groups in total. The Balaban J connectivity index is 2.15. The molecule has 0 aromatic heterocycles. The summed E-state index contributed by atoms with van der Waals surface area (Å²) in [4.78, 5) is 38.9. The molecule has 0 aliphatic carbocycles. The van der Waals surface area contributed by atoms with Gasteiger partial charge in [-0.25, -0.2) is 4.79 Å². The third-order valence-electron chi connectivity index (χ3n) is 4.91. The molecule has 1 aliphatic rings. The van der Waals surface area contributed by atoms with Gasteiger partial charge in [-0.2, -0.15) is 0 Å². The molecule has 2 rings (SSSR count). The van der Waals surface area contributed by atoms with Crippen molar-refractivity contribution in [3.63, 3.8) is 0 Å². The zero-order valence-corrected chi connectivity index (χ0v) is 17.0. The molecule has 1 fully saturated rings. The number of hydrogen-bond acceptors (Lipinski definition) is 3. The Morgan fingerprint density at radius 3 is 2.26 bits per heavy atom. The molecule has 0 saturated carbocycles. The van der Waals surface area contributed by atoms with Gasteiger partial charge >= 0.3 is 6.03 Å². The largest absolute Gasteiger partial charge is 0.325 e. The highest BCUT2D eigenvalue weighted by molar-refractivity contribution is 6.10. The first-order valence-electron chi connectivity index (χ1n) is 9.68. The van der Waals surface area contributed by atoms with E-state index in [2.05, 4.69) is 31.4 Å². The van der Waals surface area contributed by atoms with E-state index in [0.717, 1.165) is 23.3 Å². The van der Waals surface area contributed by atoms with Crippen LogP contribution in [0.4, 0.5) is 10.5 Å². The van der Waals surface area contributed by atoms with Gasteiger partial charge in [0.1, 0.15) is 12.1 Å². The SMILES string of the molecule is CCCC1(CCC)NC(=O)N(CC(=O)Nc2ccccc2C(C)(C)C)C1=O. The summed E-state index contributed by atoms with van der Waals surface area (Å²) in [5.74, 6) is -0.672. The van der Waals surface area contributed by atoms with Crippen molar-refractivity contribution in [3.8, 4) is 0 Å². The minimum Gasteiger partial charge on any atom is -0.324 e. The van der Waals surface area contributed by atoms with Crippen LogP contribution in [0.5, 0.6) is 0 Å². The second-order valence-electron chi connectivity index (χ2n) is 8.25. The van der Waals surface area contributed by atoms with Crippen molar-refractivity contribution in [1.29, 1.82) is 0 Å². The Labute approximate surface area is 161 Å². The van der Waals surface area contributed by atoms with Crippen molar-refractivity contribution in [3.05, 3.63) is 29.8 Å². The number of hydrogen-bond donors (Lipinski definition) is 2. The second kappa shape index (κ2) is 8.11. The van der Waals surface area contributed by atoms with Crippen molar-refractivity contribution < 1.29 is 14.4 Å². The molecular formula is C21H31N3O3. The predicted octanol–water partition coefficient (Wildman–Crippen LogP) is 3.81. The fraction of sp³-hybridized carbons (Fsp3) is 0.571. The molecule has 0 spiro atoms. The van der Waals surface area contributed by atoms with E-state index in [9.17, 15) is 14.4 Å². The van der Waals surface area contributed by atoms with Crippen LogP contribution in [0.3, 0.4) is 0 Å². The molecule has 1 aromatic carbocycles. The molecular weight excluding hydrogens is 342 g/mol. The van der Waals surface area contributed by atoms with E-state index < -0.39 is 11.6 Å². The molecule has 6 heteroatoms. The Hall–Kier alpha value is -2.37. The summed E-state index contributed by atoms with van der Waals surface area (Å²) in [6.45, 7) is 9.89. The number of carbonyl (C=O) groups is 3. The molecule has 148 valence electrons. The molecule has 27 heavy (non-hydrogen) atoms. The van der Waals surface area contributed by atoms with Gasteiger partial charge in [0.05, 0.1) is 0 Å². The van der Waals surface area contributed by atoms with Gasteiger partial charge in [-0.1, -0.05) is 65.7 Å². The van der Waals surface area contributed by atoms with Crippen molar-refractivity contribution >= 4 is 23.5 Å². The normalized spacial score (nSPS) is 16.4. The van der Waals surface area contributed by atoms with Crippen LogP contribution in [0.15, 0.2) is 24.3 Å². The van der Waals surface area contributed by atoms with E-state index in [0.29, 0.717) is 18.5 Å². The smallest absolute Gasteiger partial charge is 0.324 e. The molecule has 4 amide bonds. The lowest BCUT2D eigenvalue weighted by atomic mass is 9.86. The summed E-state index contributed by atoms with van der Waals surface area (Å²) in [5.41, 5.74) is 0.698. The van der Waals surface area contributed by atoms with Gasteiger partial charge in [0.15, 0.2) is 0 Å². The van der Waals surface area contributed by atoms with Crippen LogP contribution in [0.2, 0.25) is 0 Å². The number of anilines is 1. The van der Waals surface area contributed by atoms with E-state index in [1.807, 2.05) is 38.1 Å². The molecule has 1 saturated heterocycles. The number of urea groups is 1. The fourth-order valence-corrected chi connectivity index (χ4v) is 3.72. The average molecular weight is 373 g/mol. The van der Waals surface area contributed by atoms with Gasteiger partial charge < -0.3 is 10.6 Å². The summed E-state index contributed by atoms with van der Waals surface area (Å²) in [6.07, 6.45) is 2.73. The van der Waals surface area contributed by atoms with E-state index >= 15 is 0 Å². The second-order valence-corrected chi connectivity index (χ2v) is 8.25. The molecule has 0 radical (unpaired) electrons. The van der Waals surface area contributed by atoms with Crippen molar-refractivity contribution in [2.75, 3.05) is 11.9 Å². The van der Waals surface area contributed by atoms with Crippen LogP contribution in [0.25, 0.3) is 0 Å². The van der Waals surface area contributed by atoms with Gasteiger partial charge in [0.2, 0.25) is 5.91 Å². The molecule has 1 aromatic rings. The van der Waals surface area contributed by atoms with Crippen LogP contribution in [-0.4, -0.2) is 34.8 Å². The maximum absolute atomic E-state index is 12.9. The molecule has 0 bridgehead atoms. The molecule has 6 nitrogen and oxygen atoms in total. The molecule has 0 unspecified atom stereocenters. The number of rotatable bonds is 7. The fourth-order valence-electron chi connectivity index (χ4n) is 3.72. The van der Waals surface area contributed by atoms with E-state index in [1.165, 1.54) is 0 Å².